The third kappa shape index (κ3) is 2.05. The van der Waals surface area contributed by atoms with Gasteiger partial charge in [-0.2, -0.15) is 12.2 Å². The van der Waals surface area contributed by atoms with Crippen molar-refractivity contribution in [2.24, 2.45) is 0 Å². The topological polar surface area (TPSA) is 15.0 Å². The summed E-state index contributed by atoms with van der Waals surface area (Å²) >= 11 is 0. The van der Waals surface area contributed by atoms with Crippen LogP contribution in [0.25, 0.3) is 0 Å². The highest BCUT2D eigenvalue weighted by molar-refractivity contribution is 5.51. The molecule has 2 fully saturated rings. The maximum atomic E-state index is 4.07. The molecule has 0 amide bonds. The summed E-state index contributed by atoms with van der Waals surface area (Å²) in [5, 5.41) is 3.40. The fourth-order valence-electron chi connectivity index (χ4n) is 2.78. The van der Waals surface area contributed by atoms with Crippen molar-refractivity contribution in [2.45, 2.75) is 19.3 Å². The standard InChI is InChI=1S/C15H19N2/c1-17-10-7-14-13(3-2-4-15(14)17)11-12-5-8-16-9-6-12/h2-4,11,16H,1,5-10H2/q-1. The average Bonchev–Trinajstić information content (AvgIpc) is 2.74. The molecule has 0 aromatic carbocycles. The summed E-state index contributed by atoms with van der Waals surface area (Å²) in [6.07, 6.45) is 12.5. The van der Waals surface area contributed by atoms with Crippen LogP contribution in [0.4, 0.5) is 0 Å². The molecule has 2 aliphatic heterocycles. The molecule has 0 aromatic rings. The highest BCUT2D eigenvalue weighted by Crippen LogP contribution is 2.35. The smallest absolute Gasteiger partial charge is 0.124 e. The number of rotatable bonds is 1. The van der Waals surface area contributed by atoms with E-state index in [1.54, 1.807) is 5.57 Å². The highest BCUT2D eigenvalue weighted by atomic mass is 15.0. The number of nitrogens with zero attached hydrogens (tertiary/aromatic N) is 1. The summed E-state index contributed by atoms with van der Waals surface area (Å²) in [6.45, 7) is 7.38. The number of nitrogens with one attached hydrogen (secondary N) is 1. The molecule has 2 heterocycles. The van der Waals surface area contributed by atoms with Gasteiger partial charge in [0.2, 0.25) is 0 Å². The summed E-state index contributed by atoms with van der Waals surface area (Å²) in [7, 11) is 0. The van der Waals surface area contributed by atoms with E-state index >= 15 is 0 Å². The number of hydrogen-bond donors (Lipinski definition) is 1. The van der Waals surface area contributed by atoms with Crippen molar-refractivity contribution in [1.82, 2.24) is 5.32 Å². The summed E-state index contributed by atoms with van der Waals surface area (Å²) < 4.78 is 2.11. The Morgan fingerprint density at radius 2 is 2.18 bits per heavy atom. The van der Waals surface area contributed by atoms with Crippen LogP contribution >= 0.6 is 0 Å². The Hall–Kier alpha value is -1.41. The van der Waals surface area contributed by atoms with Crippen LogP contribution in [0.3, 0.4) is 0 Å². The number of hydrogen-bond acceptors (Lipinski definition) is 1. The van der Waals surface area contributed by atoms with E-state index in [2.05, 4.69) is 41.3 Å². The van der Waals surface area contributed by atoms with E-state index in [9.17, 15) is 0 Å². The molecule has 17 heavy (non-hydrogen) atoms. The second kappa shape index (κ2) is 4.46. The molecule has 2 nitrogen and oxygen atoms in total. The lowest BCUT2D eigenvalue weighted by Gasteiger charge is -2.29. The van der Waals surface area contributed by atoms with Gasteiger partial charge in [-0.3, -0.25) is 0 Å². The first-order valence-electron chi connectivity index (χ1n) is 6.45. The zero-order valence-electron chi connectivity index (χ0n) is 10.2. The molecular formula is C15H19N2-. The molecule has 0 spiro atoms. The average molecular weight is 227 g/mol. The van der Waals surface area contributed by atoms with Crippen LogP contribution in [0, 0.1) is 12.5 Å². The van der Waals surface area contributed by atoms with Gasteiger partial charge in [-0.1, -0.05) is 0 Å². The van der Waals surface area contributed by atoms with E-state index in [1.165, 1.54) is 30.0 Å². The quantitative estimate of drug-likeness (QED) is 0.535. The van der Waals surface area contributed by atoms with E-state index in [-0.39, 0.29) is 0 Å². The van der Waals surface area contributed by atoms with Crippen LogP contribution in [0.2, 0.25) is 0 Å². The van der Waals surface area contributed by atoms with Gasteiger partial charge in [0.15, 0.2) is 0 Å². The molecule has 2 heteroatoms. The first-order chi connectivity index (χ1) is 8.34. The molecule has 0 bridgehead atoms. The monoisotopic (exact) mass is 227 g/mol. The van der Waals surface area contributed by atoms with Gasteiger partial charge in [0.25, 0.3) is 0 Å². The lowest BCUT2D eigenvalue weighted by molar-refractivity contribution is -0.475. The van der Waals surface area contributed by atoms with Crippen LogP contribution in [-0.4, -0.2) is 30.9 Å². The van der Waals surface area contributed by atoms with Crippen molar-refractivity contribution in [1.29, 1.82) is 0 Å². The van der Waals surface area contributed by atoms with E-state index in [0.717, 1.165) is 26.1 Å². The lowest BCUT2D eigenvalue weighted by Crippen LogP contribution is -2.23. The Morgan fingerprint density at radius 1 is 1.35 bits per heavy atom. The molecule has 90 valence electrons. The molecular weight excluding hydrogens is 208 g/mol. The Balaban J connectivity index is 1.86. The second-order valence-electron chi connectivity index (χ2n) is 4.91. The third-order valence-electron chi connectivity index (χ3n) is 3.77. The maximum absolute atomic E-state index is 4.07. The molecule has 0 atom stereocenters. The van der Waals surface area contributed by atoms with Crippen molar-refractivity contribution in [3.63, 3.8) is 0 Å². The van der Waals surface area contributed by atoms with Gasteiger partial charge in [0, 0.05) is 6.04 Å². The predicted molar refractivity (Wildman–Crippen MR) is 70.8 cm³/mol. The van der Waals surface area contributed by atoms with Crippen LogP contribution in [0.15, 0.2) is 34.9 Å². The number of allylic oxidation sites excluding steroid dienone is 3. The fourth-order valence-corrected chi connectivity index (χ4v) is 2.78. The molecule has 1 N–H and O–H groups in total. The van der Waals surface area contributed by atoms with E-state index < -0.39 is 0 Å². The Morgan fingerprint density at radius 3 is 3.00 bits per heavy atom. The number of fused-ring (bicyclic) bond motifs is 1. The van der Waals surface area contributed by atoms with Crippen LogP contribution in [-0.2, 0) is 0 Å². The third-order valence-corrected chi connectivity index (χ3v) is 3.77. The van der Waals surface area contributed by atoms with Crippen molar-refractivity contribution >= 4 is 6.72 Å². The molecule has 2 saturated heterocycles. The van der Waals surface area contributed by atoms with Gasteiger partial charge in [-0.15, -0.1) is 11.1 Å². The van der Waals surface area contributed by atoms with Crippen molar-refractivity contribution in [2.75, 3.05) is 19.6 Å². The number of piperidine rings is 1. The van der Waals surface area contributed by atoms with Crippen molar-refractivity contribution < 1.29 is 4.58 Å². The summed E-state index contributed by atoms with van der Waals surface area (Å²) in [5.41, 5.74) is 4.47. The van der Waals surface area contributed by atoms with Crippen molar-refractivity contribution in [3.05, 3.63) is 47.4 Å². The van der Waals surface area contributed by atoms with Gasteiger partial charge < -0.3 is 9.89 Å². The minimum atomic E-state index is 1.05. The van der Waals surface area contributed by atoms with Crippen LogP contribution < -0.4 is 5.32 Å². The second-order valence-corrected chi connectivity index (χ2v) is 4.91. The lowest BCUT2D eigenvalue weighted by atomic mass is 9.90. The predicted octanol–water partition coefficient (Wildman–Crippen LogP) is 2.02. The normalized spacial score (nSPS) is 23.9. The molecule has 3 rings (SSSR count). The zero-order valence-corrected chi connectivity index (χ0v) is 10.2. The summed E-state index contributed by atoms with van der Waals surface area (Å²) in [5.74, 6) is 0. The van der Waals surface area contributed by atoms with Crippen molar-refractivity contribution in [3.8, 4) is 0 Å². The van der Waals surface area contributed by atoms with Gasteiger partial charge in [-0.05, 0) is 32.4 Å². The molecule has 0 unspecified atom stereocenters. The Labute approximate surface area is 103 Å². The van der Waals surface area contributed by atoms with Gasteiger partial charge in [0.05, 0.1) is 6.72 Å². The SMILES string of the molecule is C=[N+]1CCC2=C(C=C3CCNCC3)[CH-]C=C[C-]21. The Bertz CT molecular complexity index is 418. The molecule has 3 aliphatic rings. The van der Waals surface area contributed by atoms with E-state index in [0.29, 0.717) is 0 Å². The minimum absolute atomic E-state index is 1.05. The van der Waals surface area contributed by atoms with E-state index in [1.807, 2.05) is 0 Å². The maximum Gasteiger partial charge on any atom is 0.124 e. The fraction of sp³-hybridized carbons (Fsp3) is 0.400. The largest absolute Gasteiger partial charge is 0.316 e. The molecule has 0 aromatic heterocycles. The summed E-state index contributed by atoms with van der Waals surface area (Å²) in [6, 6.07) is 1.31. The van der Waals surface area contributed by atoms with Gasteiger partial charge >= 0.3 is 0 Å². The molecule has 1 aliphatic carbocycles. The molecule has 0 radical (unpaired) electrons. The van der Waals surface area contributed by atoms with Gasteiger partial charge in [0.1, 0.15) is 6.54 Å². The highest BCUT2D eigenvalue weighted by Gasteiger charge is 2.21. The minimum Gasteiger partial charge on any atom is -0.316 e. The first kappa shape index (κ1) is 10.7. The van der Waals surface area contributed by atoms with Crippen LogP contribution in [0.1, 0.15) is 19.3 Å². The zero-order chi connectivity index (χ0) is 11.7. The van der Waals surface area contributed by atoms with E-state index in [4.69, 9.17) is 0 Å². The first-order valence-corrected chi connectivity index (χ1v) is 6.45. The Kier molecular flexibility index (Phi) is 2.81. The van der Waals surface area contributed by atoms with Gasteiger partial charge in [-0.25, -0.2) is 18.1 Å². The molecule has 0 saturated carbocycles. The summed E-state index contributed by atoms with van der Waals surface area (Å²) in [4.78, 5) is 0. The van der Waals surface area contributed by atoms with Crippen LogP contribution in [0.5, 0.6) is 0 Å².